The van der Waals surface area contributed by atoms with Crippen molar-refractivity contribution in [2.75, 3.05) is 12.4 Å². The van der Waals surface area contributed by atoms with Gasteiger partial charge in [-0.15, -0.1) is 0 Å². The van der Waals surface area contributed by atoms with E-state index in [4.69, 9.17) is 4.98 Å². The average molecular weight is 481 g/mol. The lowest BCUT2D eigenvalue weighted by atomic mass is 9.97. The van der Waals surface area contributed by atoms with Gasteiger partial charge in [-0.05, 0) is 53.9 Å². The van der Waals surface area contributed by atoms with Crippen molar-refractivity contribution in [1.82, 2.24) is 14.7 Å². The third kappa shape index (κ3) is 4.77. The van der Waals surface area contributed by atoms with Crippen molar-refractivity contribution in [3.05, 3.63) is 109 Å². The molecule has 0 saturated heterocycles. The van der Waals surface area contributed by atoms with Crippen molar-refractivity contribution < 1.29 is 8.42 Å². The van der Waals surface area contributed by atoms with Gasteiger partial charge in [0.25, 0.3) is 0 Å². The molecule has 2 heterocycles. The fourth-order valence-corrected chi connectivity index (χ4v) is 4.84. The number of anilines is 1. The zero-order chi connectivity index (χ0) is 24.3. The summed E-state index contributed by atoms with van der Waals surface area (Å²) in [6.07, 6.45) is 1.77. The molecule has 0 bridgehead atoms. The van der Waals surface area contributed by atoms with Crippen LogP contribution in [0.15, 0.2) is 108 Å². The van der Waals surface area contributed by atoms with Gasteiger partial charge in [-0.25, -0.2) is 18.1 Å². The van der Waals surface area contributed by atoms with E-state index in [2.05, 4.69) is 33.2 Å². The van der Waals surface area contributed by atoms with Crippen molar-refractivity contribution in [3.8, 4) is 22.4 Å². The molecule has 6 nitrogen and oxygen atoms in total. The van der Waals surface area contributed by atoms with E-state index < -0.39 is 10.0 Å². The third-order valence-electron chi connectivity index (χ3n) is 5.81. The van der Waals surface area contributed by atoms with E-state index in [9.17, 15) is 8.42 Å². The first kappa shape index (κ1) is 22.7. The van der Waals surface area contributed by atoms with E-state index >= 15 is 0 Å². The van der Waals surface area contributed by atoms with E-state index in [0.717, 1.165) is 27.6 Å². The predicted molar refractivity (Wildman–Crippen MR) is 140 cm³/mol. The zero-order valence-corrected chi connectivity index (χ0v) is 20.0. The molecule has 174 valence electrons. The fourth-order valence-electron chi connectivity index (χ4n) is 4.06. The monoisotopic (exact) mass is 480 g/mol. The number of sulfonamides is 1. The zero-order valence-electron chi connectivity index (χ0n) is 19.1. The number of pyridine rings is 2. The second kappa shape index (κ2) is 9.66. The van der Waals surface area contributed by atoms with Crippen LogP contribution in [0.3, 0.4) is 0 Å². The van der Waals surface area contributed by atoms with Gasteiger partial charge in [-0.1, -0.05) is 66.7 Å². The molecule has 3 aromatic carbocycles. The Morgan fingerprint density at radius 2 is 1.57 bits per heavy atom. The van der Waals surface area contributed by atoms with Crippen LogP contribution >= 0.6 is 0 Å². The lowest BCUT2D eigenvalue weighted by molar-refractivity contribution is 0.588. The number of fused-ring (bicyclic) bond motifs is 1. The molecular formula is C28H24N4O2S. The van der Waals surface area contributed by atoms with Crippen molar-refractivity contribution in [2.45, 2.75) is 11.4 Å². The molecule has 7 heteroatoms. The predicted octanol–water partition coefficient (Wildman–Crippen LogP) is 5.48. The summed E-state index contributed by atoms with van der Waals surface area (Å²) in [4.78, 5) is 9.58. The van der Waals surface area contributed by atoms with Gasteiger partial charge in [0, 0.05) is 17.1 Å². The van der Waals surface area contributed by atoms with E-state index in [1.54, 1.807) is 24.4 Å². The van der Waals surface area contributed by atoms with Gasteiger partial charge < -0.3 is 5.32 Å². The number of rotatable bonds is 7. The molecule has 0 spiro atoms. The maximum Gasteiger partial charge on any atom is 0.240 e. The summed E-state index contributed by atoms with van der Waals surface area (Å²) in [6, 6.07) is 31.0. The quantitative estimate of drug-likeness (QED) is 0.322. The van der Waals surface area contributed by atoms with Crippen LogP contribution in [0, 0.1) is 0 Å². The molecule has 0 aliphatic heterocycles. The largest absolute Gasteiger partial charge is 0.364 e. The van der Waals surface area contributed by atoms with Crippen molar-refractivity contribution >= 4 is 26.6 Å². The van der Waals surface area contributed by atoms with Crippen molar-refractivity contribution in [2.24, 2.45) is 0 Å². The Kier molecular flexibility index (Phi) is 6.27. The molecule has 0 radical (unpaired) electrons. The molecule has 2 aromatic heterocycles. The number of benzene rings is 3. The smallest absolute Gasteiger partial charge is 0.240 e. The molecule has 0 unspecified atom stereocenters. The summed E-state index contributed by atoms with van der Waals surface area (Å²) in [5, 5.41) is 5.48. The Morgan fingerprint density at radius 1 is 0.800 bits per heavy atom. The van der Waals surface area contributed by atoms with Crippen LogP contribution in [0.2, 0.25) is 0 Å². The number of hydrogen-bond donors (Lipinski definition) is 2. The second-order valence-electron chi connectivity index (χ2n) is 8.04. The van der Waals surface area contributed by atoms with Gasteiger partial charge in [0.1, 0.15) is 5.82 Å². The molecule has 0 fully saturated rings. The van der Waals surface area contributed by atoms with Gasteiger partial charge in [-0.2, -0.15) is 0 Å². The van der Waals surface area contributed by atoms with E-state index in [1.165, 1.54) is 7.05 Å². The van der Waals surface area contributed by atoms with Crippen LogP contribution in [0.25, 0.3) is 33.2 Å². The number of hydrogen-bond acceptors (Lipinski definition) is 5. The van der Waals surface area contributed by atoms with Gasteiger partial charge in [0.05, 0.1) is 22.8 Å². The normalized spacial score (nSPS) is 11.5. The lowest BCUT2D eigenvalue weighted by Crippen LogP contribution is -2.18. The summed E-state index contributed by atoms with van der Waals surface area (Å²) in [6.45, 7) is 0.504. The molecule has 0 aliphatic carbocycles. The molecule has 0 atom stereocenters. The topological polar surface area (TPSA) is 84.0 Å². The van der Waals surface area contributed by atoms with Crippen LogP contribution in [0.4, 0.5) is 5.82 Å². The average Bonchev–Trinajstić information content (AvgIpc) is 2.92. The molecule has 5 aromatic rings. The number of aromatic nitrogens is 2. The van der Waals surface area contributed by atoms with Gasteiger partial charge in [0.2, 0.25) is 10.0 Å². The Balaban J connectivity index is 1.68. The number of nitrogens with zero attached hydrogens (tertiary/aromatic N) is 2. The highest BCUT2D eigenvalue weighted by molar-refractivity contribution is 7.89. The van der Waals surface area contributed by atoms with Crippen LogP contribution < -0.4 is 10.0 Å². The summed E-state index contributed by atoms with van der Waals surface area (Å²) >= 11 is 0. The highest BCUT2D eigenvalue weighted by atomic mass is 32.2. The lowest BCUT2D eigenvalue weighted by Gasteiger charge is -2.15. The molecule has 5 rings (SSSR count). The third-order valence-corrected chi connectivity index (χ3v) is 7.23. The Labute approximate surface area is 204 Å². The summed E-state index contributed by atoms with van der Waals surface area (Å²) < 4.78 is 27.1. The van der Waals surface area contributed by atoms with E-state index in [-0.39, 0.29) is 4.90 Å². The molecule has 0 aliphatic rings. The Morgan fingerprint density at radius 3 is 2.34 bits per heavy atom. The van der Waals surface area contributed by atoms with Crippen molar-refractivity contribution in [1.29, 1.82) is 0 Å². The van der Waals surface area contributed by atoms with Crippen molar-refractivity contribution in [3.63, 3.8) is 0 Å². The highest BCUT2D eigenvalue weighted by Gasteiger charge is 2.16. The standard InChI is InChI=1S/C28H24N4O2S/c1-29-35(33,34)24-14-7-11-21(17-24)26-18-22-12-8-15-25(20-9-3-2-4-10-20)27(22)28(32-26)31-19-23-13-5-6-16-30-23/h2-18,29H,19H2,1H3,(H,31,32). The van der Waals surface area contributed by atoms with E-state index in [0.29, 0.717) is 23.6 Å². The minimum atomic E-state index is -3.57. The summed E-state index contributed by atoms with van der Waals surface area (Å²) in [5.41, 5.74) is 4.45. The fraction of sp³-hybridized carbons (Fsp3) is 0.0714. The van der Waals surface area contributed by atoms with Crippen LogP contribution in [-0.4, -0.2) is 25.4 Å². The van der Waals surface area contributed by atoms with Gasteiger partial charge in [-0.3, -0.25) is 4.98 Å². The van der Waals surface area contributed by atoms with Crippen LogP contribution in [-0.2, 0) is 16.6 Å². The molecular weight excluding hydrogens is 456 g/mol. The highest BCUT2D eigenvalue weighted by Crippen LogP contribution is 2.36. The first-order chi connectivity index (χ1) is 17.0. The molecule has 35 heavy (non-hydrogen) atoms. The van der Waals surface area contributed by atoms with Gasteiger partial charge >= 0.3 is 0 Å². The minimum absolute atomic E-state index is 0.195. The number of nitrogens with one attached hydrogen (secondary N) is 2. The van der Waals surface area contributed by atoms with Gasteiger partial charge in [0.15, 0.2) is 0 Å². The summed E-state index contributed by atoms with van der Waals surface area (Å²) in [7, 11) is -2.17. The second-order valence-corrected chi connectivity index (χ2v) is 9.92. The Bertz CT molecular complexity index is 1590. The molecule has 2 N–H and O–H groups in total. The van der Waals surface area contributed by atoms with Crippen LogP contribution in [0.5, 0.6) is 0 Å². The molecule has 0 amide bonds. The Hall–Kier alpha value is -4.07. The van der Waals surface area contributed by atoms with E-state index in [1.807, 2.05) is 60.7 Å². The maximum absolute atomic E-state index is 12.4. The first-order valence-corrected chi connectivity index (χ1v) is 12.7. The minimum Gasteiger partial charge on any atom is -0.364 e. The summed E-state index contributed by atoms with van der Waals surface area (Å²) in [5.74, 6) is 0.712. The maximum atomic E-state index is 12.4. The molecule has 0 saturated carbocycles. The van der Waals surface area contributed by atoms with Crippen LogP contribution in [0.1, 0.15) is 5.69 Å². The SMILES string of the molecule is CNS(=O)(=O)c1cccc(-c2cc3cccc(-c4ccccc4)c3c(NCc3ccccn3)n2)c1. The first-order valence-electron chi connectivity index (χ1n) is 11.2.